The van der Waals surface area contributed by atoms with Crippen LogP contribution in [0.4, 0.5) is 0 Å². The third kappa shape index (κ3) is 32.5. The number of ether oxygens (including phenoxy) is 4. The molecule has 744 valence electrons. The molecule has 0 aromatic heterocycles. The number of hydrogen-bond acceptors (Lipinski definition) is 42. The zero-order chi connectivity index (χ0) is 97.0. The molecular formula is C76H122N18O38. The normalized spacial score (nSPS) is 33.8. The molecule has 7 rings (SSSR count). The van der Waals surface area contributed by atoms with E-state index in [1.807, 2.05) is 0 Å². The molecule has 7 heterocycles. The second kappa shape index (κ2) is 54.7. The first-order chi connectivity index (χ1) is 62.9. The molecule has 0 saturated carbocycles. The van der Waals surface area contributed by atoms with Crippen LogP contribution in [0, 0.1) is 0 Å². The van der Waals surface area contributed by atoms with E-state index >= 15 is 0 Å². The van der Waals surface area contributed by atoms with E-state index in [-0.39, 0.29) is 142 Å². The summed E-state index contributed by atoms with van der Waals surface area (Å²) in [4.78, 5) is 218. The van der Waals surface area contributed by atoms with Gasteiger partial charge in [-0.25, -0.2) is 0 Å². The Morgan fingerprint density at radius 1 is 0.348 bits per heavy atom. The largest absolute Gasteiger partial charge is 0.394 e. The van der Waals surface area contributed by atoms with Gasteiger partial charge in [-0.05, 0) is 117 Å². The fraction of sp³-hybridized carbons (Fsp3) is 0.763. The number of nitrogens with zero attached hydrogens (tertiary/aromatic N) is 6. The van der Waals surface area contributed by atoms with E-state index in [1.54, 1.807) is 0 Å². The summed E-state index contributed by atoms with van der Waals surface area (Å²) in [5, 5.41) is 204. The molecule has 28 N–H and O–H groups in total. The van der Waals surface area contributed by atoms with E-state index in [4.69, 9.17) is 38.3 Å². The maximum Gasteiger partial charge on any atom is 0.265 e. The van der Waals surface area contributed by atoms with Crippen molar-refractivity contribution in [2.45, 2.75) is 288 Å². The molecule has 0 aromatic rings. The highest BCUT2D eigenvalue weighted by atomic mass is 16.8. The number of oxime groups is 4. The van der Waals surface area contributed by atoms with Gasteiger partial charge in [0.15, 0.2) is 0 Å². The first kappa shape index (κ1) is 109. The molecule has 56 heteroatoms. The van der Waals surface area contributed by atoms with Gasteiger partial charge in [0.1, 0.15) is 171 Å². The summed E-state index contributed by atoms with van der Waals surface area (Å²) >= 11 is 0. The van der Waals surface area contributed by atoms with E-state index in [0.717, 1.165) is 9.80 Å². The minimum atomic E-state index is -1.85. The van der Waals surface area contributed by atoms with Gasteiger partial charge in [0.05, 0.1) is 39.5 Å². The average molecular weight is 1900 g/mol. The highest BCUT2D eigenvalue weighted by Crippen LogP contribution is 2.28. The van der Waals surface area contributed by atoms with Gasteiger partial charge < -0.3 is 194 Å². The molecule has 0 aromatic carbocycles. The molecule has 7 fully saturated rings. The molecule has 14 amide bonds. The number of hydrogen-bond donors (Lipinski definition) is 28. The van der Waals surface area contributed by atoms with Crippen LogP contribution in [-0.2, 0) is 105 Å². The van der Waals surface area contributed by atoms with Crippen molar-refractivity contribution >= 4 is 108 Å². The second-order valence-electron chi connectivity index (χ2n) is 31.9. The third-order valence-corrected chi connectivity index (χ3v) is 22.2. The molecule has 0 unspecified atom stereocenters. The minimum absolute atomic E-state index is 0.00365. The Hall–Kier alpha value is -10.3. The Kier molecular flexibility index (Phi) is 45.1. The fourth-order valence-electron chi connectivity index (χ4n) is 14.6. The molecule has 7 aliphatic rings. The zero-order valence-electron chi connectivity index (χ0n) is 72.1. The highest BCUT2D eigenvalue weighted by molar-refractivity contribution is 6.27. The van der Waals surface area contributed by atoms with E-state index in [0.29, 0.717) is 24.9 Å². The Morgan fingerprint density at radius 3 is 0.864 bits per heavy atom. The number of amides is 14. The van der Waals surface area contributed by atoms with Gasteiger partial charge in [0.2, 0.25) is 59.1 Å². The van der Waals surface area contributed by atoms with Crippen molar-refractivity contribution in [2.24, 2.45) is 20.6 Å². The summed E-state index contributed by atoms with van der Waals surface area (Å²) in [6, 6.07) is -11.9. The van der Waals surface area contributed by atoms with Crippen molar-refractivity contribution in [3.8, 4) is 0 Å². The van der Waals surface area contributed by atoms with Crippen molar-refractivity contribution in [1.29, 1.82) is 0 Å². The second-order valence-corrected chi connectivity index (χ2v) is 31.9. The SMILES string of the molecule is C[C@@H]1NC(=O)[C@H](CCCCNC(=O)/C=N/O[C@@H]2O[C@H](CO)[C@H](O)[C@H](O)[C@H]2O)NC(=O)CNC(=O)[C@@H]2CCCN2C(=O)[C@H](CCCCNC(=O)/C=N/O[C@@H]2O[C@H](CO)[C@H](O)[C@H](O)[C@H]2O)NC(=O)[C@H](C)NC(=O)[C@H](CCCCNC(=O)/C=N/O[C@@H]2O[C@H](CO)[C@H](O)[C@H](O)[C@H]2O)NC(=O)CNC(=O)[C@@H]2CCCN2C(=O)[C@H](CCCCNC(=O)/C=N/O[C@@H]2O[C@H](CO)[C@H](O)[C@H](O)[C@H]2O)NC1=O. The van der Waals surface area contributed by atoms with Crippen LogP contribution < -0.4 is 63.8 Å². The van der Waals surface area contributed by atoms with Gasteiger partial charge in [0.25, 0.3) is 48.8 Å². The van der Waals surface area contributed by atoms with Crippen LogP contribution in [0.2, 0.25) is 0 Å². The van der Waals surface area contributed by atoms with Crippen LogP contribution in [0.15, 0.2) is 20.6 Å². The minimum Gasteiger partial charge on any atom is -0.394 e. The van der Waals surface area contributed by atoms with Crippen LogP contribution in [0.25, 0.3) is 0 Å². The lowest BCUT2D eigenvalue weighted by molar-refractivity contribution is -0.301. The maximum absolute atomic E-state index is 14.9. The molecule has 0 bridgehead atoms. The molecule has 0 aliphatic carbocycles. The Labute approximate surface area is 752 Å². The first-order valence-electron chi connectivity index (χ1n) is 43.0. The Balaban J connectivity index is 1.10. The number of carbonyl (C=O) groups is 14. The quantitative estimate of drug-likeness (QED) is 0.0157. The number of fused-ring (bicyclic) bond motifs is 2. The number of aliphatic hydroxyl groups is 16. The van der Waals surface area contributed by atoms with E-state index in [2.05, 4.69) is 84.4 Å². The predicted molar refractivity (Wildman–Crippen MR) is 439 cm³/mol. The van der Waals surface area contributed by atoms with Crippen LogP contribution in [-0.4, -0.2) is 449 Å². The van der Waals surface area contributed by atoms with Gasteiger partial charge in [-0.1, -0.05) is 20.6 Å². The molecule has 132 heavy (non-hydrogen) atoms. The highest BCUT2D eigenvalue weighted by Gasteiger charge is 2.50. The lowest BCUT2D eigenvalue weighted by Gasteiger charge is -2.38. The fourth-order valence-corrected chi connectivity index (χ4v) is 14.6. The monoisotopic (exact) mass is 1890 g/mol. The maximum atomic E-state index is 14.9. The van der Waals surface area contributed by atoms with Crippen LogP contribution in [0.5, 0.6) is 0 Å². The molecule has 7 aliphatic heterocycles. The van der Waals surface area contributed by atoms with E-state index in [1.165, 1.54) is 13.8 Å². The number of carbonyl (C=O) groups excluding carboxylic acids is 14. The van der Waals surface area contributed by atoms with Gasteiger partial charge in [-0.15, -0.1) is 0 Å². The topological polar surface area (TPSA) is 837 Å². The number of aliphatic hydroxyl groups excluding tert-OH is 16. The van der Waals surface area contributed by atoms with Crippen LogP contribution in [0.3, 0.4) is 0 Å². The average Bonchev–Trinajstić information content (AvgIpc) is 1.80. The smallest absolute Gasteiger partial charge is 0.265 e. The third-order valence-electron chi connectivity index (χ3n) is 22.2. The lowest BCUT2D eigenvalue weighted by Crippen LogP contribution is -2.59. The first-order valence-corrected chi connectivity index (χ1v) is 43.0. The van der Waals surface area contributed by atoms with E-state index in [9.17, 15) is 149 Å². The predicted octanol–water partition coefficient (Wildman–Crippen LogP) is -16.5. The van der Waals surface area contributed by atoms with Crippen molar-refractivity contribution < 1.29 is 187 Å². The van der Waals surface area contributed by atoms with Crippen molar-refractivity contribution in [3.05, 3.63) is 0 Å². The summed E-state index contributed by atoms with van der Waals surface area (Å²) in [6.45, 7) is -3.11. The molecule has 0 radical (unpaired) electrons. The van der Waals surface area contributed by atoms with E-state index < -0.39 is 293 Å². The zero-order valence-corrected chi connectivity index (χ0v) is 72.1. The molecule has 56 nitrogen and oxygen atoms in total. The summed E-state index contributed by atoms with van der Waals surface area (Å²) in [5.74, 6) is -13.0. The Bertz CT molecular complexity index is 3690. The van der Waals surface area contributed by atoms with Gasteiger partial charge in [-0.3, -0.25) is 67.1 Å². The lowest BCUT2D eigenvalue weighted by atomic mass is 9.99. The standard InChI is InChI=1S/C76H122N18O38/c1-35-65(117)91-39(15-5-9-21-79-49(101)29-85-131-75-63(115)59(111)55(107)45(33-97)127-75)71(123)93-23-11-17-41(93)69(121)82-26-52(104)90-38(14-4-8-20-78-48(100)28-84-130-74-62(114)58(110)54(106)44(32-96)126-74)68(120)88-36(2)66(118)92-40(16-6-10-22-80-50(102)30-86-132-76-64(116)60(112)56(108)46(34-98)128-76)72(124)94-24-12-18-42(94)70(122)81-25-51(103)89-37(67(119)87-35)13-3-7-19-77-47(99)27-83-129-73-61(113)57(109)53(105)43(31-95)125-73/h27-30,35-46,53-64,73-76,95-98,105-116H,3-26,31-34H2,1-2H3,(H,77,99)(H,78,100)(H,79,101)(H,80,102)(H,81,122)(H,82,121)(H,87,119)(H,88,120)(H,89,103)(H,90,104)(H,91,117)(H,92,118)/b83-27+,84-28+,85-29+,86-30+/t35-,36-,37-,38-,39-,40-,41-,42-,43+,44+,45+,46+,53-,54-,55-,56-,57-,58-,59-,60-,61+,62+,63+,64+,73-,74-,75-,76-/m0/s1. The summed E-state index contributed by atoms with van der Waals surface area (Å²) in [7, 11) is 0. The van der Waals surface area contributed by atoms with Crippen molar-refractivity contribution in [3.63, 3.8) is 0 Å². The summed E-state index contributed by atoms with van der Waals surface area (Å²) in [6.07, 6.45) is -31.5. The summed E-state index contributed by atoms with van der Waals surface area (Å²) < 4.78 is 20.8. The van der Waals surface area contributed by atoms with Crippen LogP contribution >= 0.6 is 0 Å². The summed E-state index contributed by atoms with van der Waals surface area (Å²) in [5.41, 5.74) is 0. The molecular weight excluding hydrogens is 1770 g/mol. The number of rotatable bonds is 36. The molecule has 28 atom stereocenters. The molecule has 0 spiro atoms. The van der Waals surface area contributed by atoms with Crippen molar-refractivity contribution in [2.75, 3.05) is 78.8 Å². The Morgan fingerprint density at radius 2 is 0.606 bits per heavy atom. The number of nitrogens with one attached hydrogen (secondary N) is 12. The van der Waals surface area contributed by atoms with Gasteiger partial charge in [-0.2, -0.15) is 0 Å². The van der Waals surface area contributed by atoms with Gasteiger partial charge >= 0.3 is 0 Å². The van der Waals surface area contributed by atoms with Crippen molar-refractivity contribution in [1.82, 2.24) is 73.6 Å². The van der Waals surface area contributed by atoms with Gasteiger partial charge in [0, 0.05) is 39.3 Å². The van der Waals surface area contributed by atoms with Crippen LogP contribution in [0.1, 0.15) is 117 Å². The number of unbranched alkanes of at least 4 members (excludes halogenated alkanes) is 4. The molecule has 7 saturated heterocycles.